The van der Waals surface area contributed by atoms with Gasteiger partial charge < -0.3 is 0 Å². The third-order valence-electron chi connectivity index (χ3n) is 4.74. The van der Waals surface area contributed by atoms with Gasteiger partial charge >= 0.3 is 0 Å². The lowest BCUT2D eigenvalue weighted by Gasteiger charge is -2.18. The number of rotatable bonds is 7. The zero-order chi connectivity index (χ0) is 24.2. The van der Waals surface area contributed by atoms with Crippen LogP contribution in [0.2, 0.25) is 5.02 Å². The van der Waals surface area contributed by atoms with E-state index in [2.05, 4.69) is 36.0 Å². The Labute approximate surface area is 197 Å². The van der Waals surface area contributed by atoms with E-state index in [0.29, 0.717) is 5.02 Å². The van der Waals surface area contributed by atoms with Crippen molar-refractivity contribution in [1.82, 2.24) is 0 Å². The van der Waals surface area contributed by atoms with Crippen LogP contribution in [0.4, 0.5) is 17.1 Å². The maximum Gasteiger partial charge on any atom is 0.270 e. The third kappa shape index (κ3) is 6.30. The molecule has 2 N–H and O–H groups in total. The molecule has 0 aliphatic rings. The van der Waals surface area contributed by atoms with E-state index in [9.17, 15) is 18.5 Å². The lowest BCUT2D eigenvalue weighted by atomic mass is 9.87. The number of nitro groups is 1. The molecule has 8 nitrogen and oxygen atoms in total. The van der Waals surface area contributed by atoms with Crippen molar-refractivity contribution in [2.45, 2.75) is 31.1 Å². The number of nitrogens with one attached hydrogen (secondary N) is 2. The zero-order valence-corrected chi connectivity index (χ0v) is 19.8. The highest BCUT2D eigenvalue weighted by Crippen LogP contribution is 2.29. The van der Waals surface area contributed by atoms with Gasteiger partial charge in [0.1, 0.15) is 4.90 Å². The average molecular weight is 487 g/mol. The molecule has 0 bridgehead atoms. The van der Waals surface area contributed by atoms with Crippen molar-refractivity contribution >= 4 is 44.9 Å². The summed E-state index contributed by atoms with van der Waals surface area (Å²) in [6.07, 6.45) is 1.54. The summed E-state index contributed by atoms with van der Waals surface area (Å²) in [5, 5.41) is 15.8. The van der Waals surface area contributed by atoms with E-state index < -0.39 is 14.9 Å². The SMILES string of the molecule is CC(C)(C)c1ccc(C=NNc2ccc([N+](=O)[O-])cc2S(=O)(=O)Nc2ccc(Cl)cc2)cc1. The summed E-state index contributed by atoms with van der Waals surface area (Å²) in [5.41, 5.74) is 4.67. The standard InChI is InChI=1S/C23H23ClN4O4S/c1-23(2,3)17-6-4-16(5-7-17)15-25-26-21-13-12-20(28(29)30)14-22(21)33(31,32)27-19-10-8-18(24)9-11-19/h4-15,26-27H,1-3H3. The van der Waals surface area contributed by atoms with Crippen LogP contribution in [-0.2, 0) is 15.4 Å². The second-order valence-corrected chi connectivity index (χ2v) is 10.4. The van der Waals surface area contributed by atoms with E-state index in [1.165, 1.54) is 48.2 Å². The number of benzene rings is 3. The first-order valence-electron chi connectivity index (χ1n) is 9.92. The minimum absolute atomic E-state index is 0.0209. The molecule has 3 rings (SSSR count). The van der Waals surface area contributed by atoms with Crippen LogP contribution in [0.5, 0.6) is 0 Å². The van der Waals surface area contributed by atoms with Crippen molar-refractivity contribution in [3.63, 3.8) is 0 Å². The molecular formula is C23H23ClN4O4S. The Morgan fingerprint density at radius 1 is 1.00 bits per heavy atom. The Morgan fingerprint density at radius 3 is 2.21 bits per heavy atom. The van der Waals surface area contributed by atoms with Crippen LogP contribution in [0, 0.1) is 10.1 Å². The van der Waals surface area contributed by atoms with Gasteiger partial charge in [-0.15, -0.1) is 0 Å². The summed E-state index contributed by atoms with van der Waals surface area (Å²) in [7, 11) is -4.16. The minimum atomic E-state index is -4.16. The van der Waals surface area contributed by atoms with E-state index in [1.807, 2.05) is 24.3 Å². The number of sulfonamides is 1. The smallest absolute Gasteiger partial charge is 0.270 e. The van der Waals surface area contributed by atoms with Gasteiger partial charge in [0.15, 0.2) is 0 Å². The van der Waals surface area contributed by atoms with Crippen LogP contribution in [0.15, 0.2) is 76.7 Å². The first kappa shape index (κ1) is 24.2. The topological polar surface area (TPSA) is 114 Å². The van der Waals surface area contributed by atoms with Gasteiger partial charge in [-0.25, -0.2) is 8.42 Å². The number of hydrazone groups is 1. The molecule has 33 heavy (non-hydrogen) atoms. The monoisotopic (exact) mass is 486 g/mol. The first-order chi connectivity index (χ1) is 15.5. The Kier molecular flexibility index (Phi) is 7.04. The number of hydrogen-bond donors (Lipinski definition) is 2. The molecule has 0 fully saturated rings. The summed E-state index contributed by atoms with van der Waals surface area (Å²) in [4.78, 5) is 10.2. The molecule has 172 valence electrons. The van der Waals surface area contributed by atoms with Gasteiger partial charge in [-0.05, 0) is 46.9 Å². The van der Waals surface area contributed by atoms with Crippen LogP contribution in [-0.4, -0.2) is 19.6 Å². The maximum absolute atomic E-state index is 13.0. The lowest BCUT2D eigenvalue weighted by molar-refractivity contribution is -0.385. The fourth-order valence-corrected chi connectivity index (χ4v) is 4.27. The molecule has 3 aromatic rings. The van der Waals surface area contributed by atoms with Crippen LogP contribution in [0.25, 0.3) is 0 Å². The van der Waals surface area contributed by atoms with E-state index >= 15 is 0 Å². The molecular weight excluding hydrogens is 464 g/mol. The molecule has 0 saturated heterocycles. The molecule has 10 heteroatoms. The highest BCUT2D eigenvalue weighted by Gasteiger charge is 2.22. The predicted molar refractivity (Wildman–Crippen MR) is 132 cm³/mol. The first-order valence-corrected chi connectivity index (χ1v) is 11.8. The van der Waals surface area contributed by atoms with Gasteiger partial charge in [0.2, 0.25) is 0 Å². The number of anilines is 2. The number of halogens is 1. The minimum Gasteiger partial charge on any atom is -0.280 e. The zero-order valence-electron chi connectivity index (χ0n) is 18.2. The van der Waals surface area contributed by atoms with Crippen molar-refractivity contribution < 1.29 is 13.3 Å². The van der Waals surface area contributed by atoms with Gasteiger partial charge in [-0.1, -0.05) is 56.6 Å². The van der Waals surface area contributed by atoms with Gasteiger partial charge in [0.25, 0.3) is 15.7 Å². The second-order valence-electron chi connectivity index (χ2n) is 8.29. The summed E-state index contributed by atoms with van der Waals surface area (Å²) in [5.74, 6) is 0. The predicted octanol–water partition coefficient (Wildman–Crippen LogP) is 5.79. The molecule has 0 unspecified atom stereocenters. The molecule has 0 amide bonds. The summed E-state index contributed by atoms with van der Waals surface area (Å²) >= 11 is 5.84. The molecule has 0 saturated carbocycles. The molecule has 0 heterocycles. The average Bonchev–Trinajstić information content (AvgIpc) is 2.75. The quantitative estimate of drug-likeness (QED) is 0.249. The summed E-state index contributed by atoms with van der Waals surface area (Å²) < 4.78 is 28.4. The van der Waals surface area contributed by atoms with Crippen molar-refractivity contribution in [2.75, 3.05) is 10.1 Å². The van der Waals surface area contributed by atoms with Crippen LogP contribution >= 0.6 is 11.6 Å². The third-order valence-corrected chi connectivity index (χ3v) is 6.41. The number of non-ortho nitro benzene ring substituents is 1. The van der Waals surface area contributed by atoms with Gasteiger partial charge in [-0.3, -0.25) is 20.3 Å². The largest absolute Gasteiger partial charge is 0.280 e. The van der Waals surface area contributed by atoms with Crippen LogP contribution in [0.3, 0.4) is 0 Å². The lowest BCUT2D eigenvalue weighted by Crippen LogP contribution is -2.15. The molecule has 0 atom stereocenters. The van der Waals surface area contributed by atoms with Crippen LogP contribution in [0.1, 0.15) is 31.9 Å². The van der Waals surface area contributed by atoms with E-state index in [-0.39, 0.29) is 27.4 Å². The van der Waals surface area contributed by atoms with Gasteiger partial charge in [0.05, 0.1) is 16.8 Å². The molecule has 3 aromatic carbocycles. The molecule has 0 aromatic heterocycles. The molecule has 0 aliphatic heterocycles. The molecule has 0 radical (unpaired) electrons. The summed E-state index contributed by atoms with van der Waals surface area (Å²) in [6, 6.07) is 17.3. The normalized spacial score (nSPS) is 12.0. The van der Waals surface area contributed by atoms with Crippen molar-refractivity contribution in [3.8, 4) is 0 Å². The van der Waals surface area contributed by atoms with Crippen LogP contribution < -0.4 is 10.1 Å². The van der Waals surface area contributed by atoms with E-state index in [0.717, 1.165) is 11.6 Å². The van der Waals surface area contributed by atoms with Crippen molar-refractivity contribution in [2.24, 2.45) is 5.10 Å². The maximum atomic E-state index is 13.0. The number of nitro benzene ring substituents is 1. The van der Waals surface area contributed by atoms with E-state index in [4.69, 9.17) is 11.6 Å². The Morgan fingerprint density at radius 2 is 1.64 bits per heavy atom. The van der Waals surface area contributed by atoms with Crippen molar-refractivity contribution in [1.29, 1.82) is 0 Å². The Bertz CT molecular complexity index is 1280. The Balaban J connectivity index is 1.88. The second kappa shape index (κ2) is 9.60. The summed E-state index contributed by atoms with van der Waals surface area (Å²) in [6.45, 7) is 6.35. The van der Waals surface area contributed by atoms with Crippen molar-refractivity contribution in [3.05, 3.63) is 93.0 Å². The number of hydrogen-bond acceptors (Lipinski definition) is 6. The highest BCUT2D eigenvalue weighted by atomic mass is 35.5. The molecule has 0 aliphatic carbocycles. The fraction of sp³-hybridized carbons (Fsp3) is 0.174. The Hall–Kier alpha value is -3.43. The van der Waals surface area contributed by atoms with Gasteiger partial charge in [0, 0.05) is 22.8 Å². The fourth-order valence-electron chi connectivity index (χ4n) is 2.91. The van der Waals surface area contributed by atoms with E-state index in [1.54, 1.807) is 0 Å². The molecule has 0 spiro atoms. The highest BCUT2D eigenvalue weighted by molar-refractivity contribution is 7.92. The van der Waals surface area contributed by atoms with Gasteiger partial charge in [-0.2, -0.15) is 5.10 Å². The number of nitrogens with zero attached hydrogens (tertiary/aromatic N) is 2.